The number of nitrogens with one attached hydrogen (secondary N) is 1. The van der Waals surface area contributed by atoms with E-state index in [4.69, 9.17) is 0 Å². The summed E-state index contributed by atoms with van der Waals surface area (Å²) in [5.74, 6) is 0.816. The molecule has 0 aliphatic rings. The van der Waals surface area contributed by atoms with Gasteiger partial charge in [-0.1, -0.05) is 34.6 Å². The summed E-state index contributed by atoms with van der Waals surface area (Å²) in [5.41, 5.74) is 0.455. The van der Waals surface area contributed by atoms with Crippen LogP contribution in [0.3, 0.4) is 0 Å². The van der Waals surface area contributed by atoms with Gasteiger partial charge in [-0.15, -0.1) is 0 Å². The van der Waals surface area contributed by atoms with E-state index in [1.807, 2.05) is 0 Å². The minimum absolute atomic E-state index is 0.455. The number of nitrogens with zero attached hydrogens (tertiary/aromatic N) is 1. The van der Waals surface area contributed by atoms with Crippen molar-refractivity contribution < 1.29 is 0 Å². The highest BCUT2D eigenvalue weighted by atomic mass is 15.1. The standard InChI is InChI=1S/C14H32N2/c1-13(2)7-11-16(6)12-10-15-9-8-14(3,4)5/h13,15H,7-12H2,1-6H3. The Labute approximate surface area is 103 Å². The molecule has 98 valence electrons. The van der Waals surface area contributed by atoms with Crippen molar-refractivity contribution in [2.75, 3.05) is 33.2 Å². The van der Waals surface area contributed by atoms with Crippen LogP contribution in [-0.2, 0) is 0 Å². The molecular weight excluding hydrogens is 196 g/mol. The third kappa shape index (κ3) is 12.0. The van der Waals surface area contributed by atoms with Gasteiger partial charge in [0.1, 0.15) is 0 Å². The van der Waals surface area contributed by atoms with Crippen LogP contribution in [0.1, 0.15) is 47.5 Å². The molecule has 0 aromatic carbocycles. The quantitative estimate of drug-likeness (QED) is 0.643. The van der Waals surface area contributed by atoms with Gasteiger partial charge in [0.05, 0.1) is 0 Å². The summed E-state index contributed by atoms with van der Waals surface area (Å²) in [6.07, 6.45) is 2.56. The van der Waals surface area contributed by atoms with Crippen LogP contribution in [0.25, 0.3) is 0 Å². The molecule has 0 spiro atoms. The Morgan fingerprint density at radius 2 is 1.69 bits per heavy atom. The van der Waals surface area contributed by atoms with Crippen LogP contribution in [0.4, 0.5) is 0 Å². The summed E-state index contributed by atoms with van der Waals surface area (Å²) in [4.78, 5) is 2.42. The van der Waals surface area contributed by atoms with Crippen molar-refractivity contribution in [1.29, 1.82) is 0 Å². The molecule has 0 unspecified atom stereocenters. The van der Waals surface area contributed by atoms with E-state index in [1.54, 1.807) is 0 Å². The van der Waals surface area contributed by atoms with Gasteiger partial charge >= 0.3 is 0 Å². The van der Waals surface area contributed by atoms with Crippen LogP contribution in [0.2, 0.25) is 0 Å². The van der Waals surface area contributed by atoms with Crippen molar-refractivity contribution in [3.8, 4) is 0 Å². The second-order valence-electron chi connectivity index (χ2n) is 6.55. The van der Waals surface area contributed by atoms with E-state index in [0.29, 0.717) is 5.41 Å². The molecule has 0 atom stereocenters. The third-order valence-corrected chi connectivity index (χ3v) is 2.81. The van der Waals surface area contributed by atoms with Crippen LogP contribution in [0.5, 0.6) is 0 Å². The number of rotatable bonds is 8. The van der Waals surface area contributed by atoms with Gasteiger partial charge in [-0.25, -0.2) is 0 Å². The molecule has 0 radical (unpaired) electrons. The Morgan fingerprint density at radius 1 is 1.06 bits per heavy atom. The molecule has 0 rings (SSSR count). The van der Waals surface area contributed by atoms with Crippen LogP contribution >= 0.6 is 0 Å². The first kappa shape index (κ1) is 15.9. The van der Waals surface area contributed by atoms with Gasteiger partial charge in [0.2, 0.25) is 0 Å². The number of likely N-dealkylation sites (N-methyl/N-ethyl adjacent to an activating group) is 1. The maximum Gasteiger partial charge on any atom is 0.0104 e. The Bertz CT molecular complexity index is 159. The Hall–Kier alpha value is -0.0800. The zero-order chi connectivity index (χ0) is 12.6. The molecule has 0 aliphatic carbocycles. The molecule has 0 aromatic rings. The second kappa shape index (κ2) is 8.08. The molecule has 0 aromatic heterocycles. The monoisotopic (exact) mass is 228 g/mol. The summed E-state index contributed by atoms with van der Waals surface area (Å²) in [7, 11) is 2.22. The van der Waals surface area contributed by atoms with E-state index in [0.717, 1.165) is 25.6 Å². The first-order chi connectivity index (χ1) is 7.31. The number of hydrogen-bond donors (Lipinski definition) is 1. The smallest absolute Gasteiger partial charge is 0.0104 e. The normalized spacial score (nSPS) is 12.8. The largest absolute Gasteiger partial charge is 0.315 e. The zero-order valence-corrected chi connectivity index (χ0v) is 12.3. The lowest BCUT2D eigenvalue weighted by atomic mass is 9.92. The lowest BCUT2D eigenvalue weighted by Crippen LogP contribution is -2.31. The predicted molar refractivity (Wildman–Crippen MR) is 73.9 cm³/mol. The van der Waals surface area contributed by atoms with Gasteiger partial charge in [0.15, 0.2) is 0 Å². The predicted octanol–water partition coefficient (Wildman–Crippen LogP) is 2.99. The Kier molecular flexibility index (Phi) is 8.04. The van der Waals surface area contributed by atoms with Crippen molar-refractivity contribution in [2.45, 2.75) is 47.5 Å². The second-order valence-corrected chi connectivity index (χ2v) is 6.55. The van der Waals surface area contributed by atoms with Crippen molar-refractivity contribution >= 4 is 0 Å². The van der Waals surface area contributed by atoms with Crippen LogP contribution in [0, 0.1) is 11.3 Å². The van der Waals surface area contributed by atoms with Gasteiger partial charge in [-0.05, 0) is 44.3 Å². The molecule has 2 nitrogen and oxygen atoms in total. The zero-order valence-electron chi connectivity index (χ0n) is 12.3. The highest BCUT2D eigenvalue weighted by Crippen LogP contribution is 2.16. The van der Waals surface area contributed by atoms with Crippen molar-refractivity contribution in [1.82, 2.24) is 10.2 Å². The molecule has 2 heteroatoms. The summed E-state index contributed by atoms with van der Waals surface area (Å²) < 4.78 is 0. The van der Waals surface area contributed by atoms with E-state index in [-0.39, 0.29) is 0 Å². The molecule has 16 heavy (non-hydrogen) atoms. The summed E-state index contributed by atoms with van der Waals surface area (Å²) in [6.45, 7) is 16.1. The Balaban J connectivity index is 3.31. The van der Waals surface area contributed by atoms with Gasteiger partial charge in [-0.2, -0.15) is 0 Å². The van der Waals surface area contributed by atoms with E-state index in [9.17, 15) is 0 Å². The number of hydrogen-bond acceptors (Lipinski definition) is 2. The van der Waals surface area contributed by atoms with Gasteiger partial charge < -0.3 is 10.2 Å². The van der Waals surface area contributed by atoms with Crippen LogP contribution < -0.4 is 5.32 Å². The maximum atomic E-state index is 3.52. The fourth-order valence-electron chi connectivity index (χ4n) is 1.45. The molecular formula is C14H32N2. The topological polar surface area (TPSA) is 15.3 Å². The van der Waals surface area contributed by atoms with Crippen molar-refractivity contribution in [3.05, 3.63) is 0 Å². The SMILES string of the molecule is CC(C)CCN(C)CCNCCC(C)(C)C. The summed E-state index contributed by atoms with van der Waals surface area (Å²) in [6, 6.07) is 0. The van der Waals surface area contributed by atoms with E-state index < -0.39 is 0 Å². The third-order valence-electron chi connectivity index (χ3n) is 2.81. The molecule has 0 bridgehead atoms. The Morgan fingerprint density at radius 3 is 2.19 bits per heavy atom. The van der Waals surface area contributed by atoms with E-state index >= 15 is 0 Å². The minimum atomic E-state index is 0.455. The van der Waals surface area contributed by atoms with Gasteiger partial charge in [0.25, 0.3) is 0 Å². The van der Waals surface area contributed by atoms with E-state index in [2.05, 4.69) is 51.9 Å². The summed E-state index contributed by atoms with van der Waals surface area (Å²) in [5, 5.41) is 3.52. The van der Waals surface area contributed by atoms with Crippen molar-refractivity contribution in [2.24, 2.45) is 11.3 Å². The molecule has 0 amide bonds. The molecule has 0 saturated heterocycles. The van der Waals surface area contributed by atoms with Crippen LogP contribution in [0.15, 0.2) is 0 Å². The minimum Gasteiger partial charge on any atom is -0.315 e. The highest BCUT2D eigenvalue weighted by molar-refractivity contribution is 4.64. The molecule has 1 N–H and O–H groups in total. The van der Waals surface area contributed by atoms with Crippen molar-refractivity contribution in [3.63, 3.8) is 0 Å². The molecule has 0 aliphatic heterocycles. The fraction of sp³-hybridized carbons (Fsp3) is 1.00. The van der Waals surface area contributed by atoms with E-state index in [1.165, 1.54) is 19.4 Å². The average molecular weight is 228 g/mol. The first-order valence-corrected chi connectivity index (χ1v) is 6.70. The van der Waals surface area contributed by atoms with Gasteiger partial charge in [-0.3, -0.25) is 0 Å². The lowest BCUT2D eigenvalue weighted by molar-refractivity contribution is 0.302. The average Bonchev–Trinajstić information content (AvgIpc) is 2.12. The molecule has 0 heterocycles. The first-order valence-electron chi connectivity index (χ1n) is 6.70. The van der Waals surface area contributed by atoms with Crippen LogP contribution in [-0.4, -0.2) is 38.1 Å². The van der Waals surface area contributed by atoms with Gasteiger partial charge in [0, 0.05) is 13.1 Å². The maximum absolute atomic E-state index is 3.52. The fourth-order valence-corrected chi connectivity index (χ4v) is 1.45. The lowest BCUT2D eigenvalue weighted by Gasteiger charge is -2.20. The molecule has 0 fully saturated rings. The molecule has 0 saturated carbocycles. The highest BCUT2D eigenvalue weighted by Gasteiger charge is 2.08. The summed E-state index contributed by atoms with van der Waals surface area (Å²) >= 11 is 0.